The van der Waals surface area contributed by atoms with E-state index in [9.17, 15) is 24.6 Å². The van der Waals surface area contributed by atoms with E-state index in [0.717, 1.165) is 19.6 Å². The molecule has 208 valence electrons. The summed E-state index contributed by atoms with van der Waals surface area (Å²) < 4.78 is 19.6. The van der Waals surface area contributed by atoms with E-state index in [-0.39, 0.29) is 46.3 Å². The van der Waals surface area contributed by atoms with E-state index < -0.39 is 30.1 Å². The highest BCUT2D eigenvalue weighted by molar-refractivity contribution is 5.72. The number of hydrogen-bond acceptors (Lipinski definition) is 9. The number of aliphatic hydroxyl groups excluding tert-OH is 2. The molecule has 2 heterocycles. The Bertz CT molecular complexity index is 664. The average molecular weight is 517 g/mol. The fourth-order valence-corrected chi connectivity index (χ4v) is 2.38. The maximum Gasteiger partial charge on any atom is 0.309 e. The van der Waals surface area contributed by atoms with Crippen LogP contribution in [0.5, 0.6) is 0 Å². The molecule has 4 unspecified atom stereocenters. The number of epoxide rings is 2. The fraction of sp³-hybridized carbons (Fsp3) is 0.654. The maximum atomic E-state index is 11.2. The van der Waals surface area contributed by atoms with E-state index in [1.165, 1.54) is 0 Å². The molecule has 4 atom stereocenters. The summed E-state index contributed by atoms with van der Waals surface area (Å²) in [5.74, 6) is -1.78. The lowest BCUT2D eigenvalue weighted by Crippen LogP contribution is -2.27. The SMILES string of the molecule is C.C1OC1CC1CO1.C=C(C)CC(=O)O.C=C(C)CC(=O)OCC(O)CC(O)COC(=O)CC(=C)C. The smallest absolute Gasteiger partial charge is 0.309 e. The van der Waals surface area contributed by atoms with Gasteiger partial charge in [-0.05, 0) is 20.8 Å². The highest BCUT2D eigenvalue weighted by Crippen LogP contribution is 2.23. The highest BCUT2D eigenvalue weighted by atomic mass is 16.6. The van der Waals surface area contributed by atoms with Crippen LogP contribution in [-0.4, -0.2) is 84.1 Å². The predicted octanol–water partition coefficient (Wildman–Crippen LogP) is 2.96. The first-order chi connectivity index (χ1) is 16.3. The van der Waals surface area contributed by atoms with E-state index >= 15 is 0 Å². The van der Waals surface area contributed by atoms with Crippen molar-refractivity contribution in [2.24, 2.45) is 0 Å². The lowest BCUT2D eigenvalue weighted by molar-refractivity contribution is -0.148. The number of esters is 2. The van der Waals surface area contributed by atoms with Gasteiger partial charge in [0.2, 0.25) is 0 Å². The molecule has 0 bridgehead atoms. The topological polar surface area (TPSA) is 155 Å². The number of carboxylic acid groups (broad SMARTS) is 1. The van der Waals surface area contributed by atoms with Gasteiger partial charge in [-0.1, -0.05) is 43.9 Å². The summed E-state index contributed by atoms with van der Waals surface area (Å²) in [6, 6.07) is 0. The Balaban J connectivity index is 0. The van der Waals surface area contributed by atoms with Gasteiger partial charge < -0.3 is 34.3 Å². The Hall–Kier alpha value is -2.53. The van der Waals surface area contributed by atoms with Crippen molar-refractivity contribution >= 4 is 17.9 Å². The van der Waals surface area contributed by atoms with Crippen molar-refractivity contribution in [3.05, 3.63) is 36.5 Å². The number of aliphatic hydroxyl groups is 2. The summed E-state index contributed by atoms with van der Waals surface area (Å²) >= 11 is 0. The average Bonchev–Trinajstić information content (AvgIpc) is 3.62. The highest BCUT2D eigenvalue weighted by Gasteiger charge is 2.32. The standard InChI is InChI=1S/C15H24O6.2C5H8O2.CH4/c1-10(2)5-14(18)20-8-12(16)7-13(17)9-21-15(19)6-11(3)4;1(4-2-6-4)5-3-7-5;1-4(2)3-5(6)7;/h12-13,16-17H,1,3,5-9H2,2,4H3;4-5H,1-3H2;1,3H2,2H3,(H,6,7);1H4. The van der Waals surface area contributed by atoms with Gasteiger partial charge in [0.1, 0.15) is 13.2 Å². The summed E-state index contributed by atoms with van der Waals surface area (Å²) in [6.07, 6.45) is 0.435. The summed E-state index contributed by atoms with van der Waals surface area (Å²) in [5, 5.41) is 27.2. The number of rotatable bonds is 14. The van der Waals surface area contributed by atoms with Gasteiger partial charge in [0.15, 0.2) is 0 Å². The molecule has 2 rings (SSSR count). The minimum atomic E-state index is -1.02. The fourth-order valence-electron chi connectivity index (χ4n) is 2.38. The third kappa shape index (κ3) is 26.1. The van der Waals surface area contributed by atoms with Gasteiger partial charge in [-0.15, -0.1) is 0 Å². The van der Waals surface area contributed by atoms with Crippen molar-refractivity contribution in [3.63, 3.8) is 0 Å². The third-order valence-corrected chi connectivity index (χ3v) is 4.09. The number of carbonyl (C=O) groups is 3. The maximum absolute atomic E-state index is 11.2. The van der Waals surface area contributed by atoms with Crippen LogP contribution in [0.4, 0.5) is 0 Å². The molecular formula is C26H44O10. The summed E-state index contributed by atoms with van der Waals surface area (Å²) in [5.41, 5.74) is 2.02. The first kappa shape index (κ1) is 35.6. The number of hydrogen-bond donors (Lipinski definition) is 3. The molecule has 0 aromatic rings. The first-order valence-electron chi connectivity index (χ1n) is 11.3. The molecule has 2 aliphatic rings. The van der Waals surface area contributed by atoms with Gasteiger partial charge in [0, 0.05) is 12.8 Å². The second kappa shape index (κ2) is 19.6. The number of carboxylic acids is 1. The second-order valence-electron chi connectivity index (χ2n) is 8.85. The largest absolute Gasteiger partial charge is 0.481 e. The second-order valence-corrected chi connectivity index (χ2v) is 8.85. The minimum absolute atomic E-state index is 0. The van der Waals surface area contributed by atoms with Gasteiger partial charge >= 0.3 is 17.9 Å². The molecule has 0 aromatic heterocycles. The number of aliphatic carboxylic acids is 1. The molecule has 0 radical (unpaired) electrons. The van der Waals surface area contributed by atoms with Gasteiger partial charge in [0.25, 0.3) is 0 Å². The summed E-state index contributed by atoms with van der Waals surface area (Å²) in [6.45, 7) is 17.1. The number of carbonyl (C=O) groups excluding carboxylic acids is 2. The molecule has 0 aliphatic carbocycles. The van der Waals surface area contributed by atoms with E-state index in [4.69, 9.17) is 24.1 Å². The van der Waals surface area contributed by atoms with Gasteiger partial charge in [0.05, 0.1) is 56.9 Å². The van der Waals surface area contributed by atoms with Gasteiger partial charge in [-0.3, -0.25) is 14.4 Å². The van der Waals surface area contributed by atoms with Crippen molar-refractivity contribution in [2.45, 2.75) is 84.7 Å². The molecule has 0 spiro atoms. The van der Waals surface area contributed by atoms with Gasteiger partial charge in [-0.2, -0.15) is 0 Å². The summed E-state index contributed by atoms with van der Waals surface area (Å²) in [4.78, 5) is 32.2. The molecule has 0 amide bonds. The lowest BCUT2D eigenvalue weighted by atomic mass is 10.2. The van der Waals surface area contributed by atoms with Crippen LogP contribution in [-0.2, 0) is 33.3 Å². The molecule has 0 saturated carbocycles. The Kier molecular flexibility index (Phi) is 19.4. The Morgan fingerprint density at radius 3 is 1.36 bits per heavy atom. The van der Waals surface area contributed by atoms with Crippen LogP contribution in [0.25, 0.3) is 0 Å². The Labute approximate surface area is 214 Å². The van der Waals surface area contributed by atoms with Crippen LogP contribution in [0.3, 0.4) is 0 Å². The van der Waals surface area contributed by atoms with Crippen LogP contribution in [0.1, 0.15) is 60.3 Å². The Morgan fingerprint density at radius 1 is 0.806 bits per heavy atom. The molecule has 36 heavy (non-hydrogen) atoms. The van der Waals surface area contributed by atoms with E-state index in [0.29, 0.717) is 28.9 Å². The third-order valence-electron chi connectivity index (χ3n) is 4.09. The quantitative estimate of drug-likeness (QED) is 0.178. The number of ether oxygens (including phenoxy) is 4. The molecule has 3 N–H and O–H groups in total. The van der Waals surface area contributed by atoms with Gasteiger partial charge in [-0.25, -0.2) is 0 Å². The van der Waals surface area contributed by atoms with Crippen LogP contribution in [0, 0.1) is 0 Å². The van der Waals surface area contributed by atoms with Crippen molar-refractivity contribution in [2.75, 3.05) is 26.4 Å². The van der Waals surface area contributed by atoms with E-state index in [1.807, 2.05) is 0 Å². The lowest BCUT2D eigenvalue weighted by Gasteiger charge is -2.16. The molecule has 2 saturated heterocycles. The molecule has 2 aliphatic heterocycles. The van der Waals surface area contributed by atoms with Crippen molar-refractivity contribution in [3.8, 4) is 0 Å². The normalized spacial score (nSPS) is 18.2. The monoisotopic (exact) mass is 516 g/mol. The zero-order valence-electron chi connectivity index (χ0n) is 21.0. The molecule has 2 fully saturated rings. The minimum Gasteiger partial charge on any atom is -0.481 e. The molecule has 0 aromatic carbocycles. The first-order valence-corrected chi connectivity index (χ1v) is 11.3. The molecule has 10 heteroatoms. The van der Waals surface area contributed by atoms with Crippen molar-refractivity contribution in [1.29, 1.82) is 0 Å². The van der Waals surface area contributed by atoms with Crippen molar-refractivity contribution < 1.29 is 48.7 Å². The van der Waals surface area contributed by atoms with Crippen LogP contribution in [0.2, 0.25) is 0 Å². The molecule has 10 nitrogen and oxygen atoms in total. The zero-order valence-corrected chi connectivity index (χ0v) is 21.0. The molecular weight excluding hydrogens is 472 g/mol. The Morgan fingerprint density at radius 2 is 1.14 bits per heavy atom. The van der Waals surface area contributed by atoms with Crippen LogP contribution >= 0.6 is 0 Å². The van der Waals surface area contributed by atoms with Crippen LogP contribution in [0.15, 0.2) is 36.5 Å². The zero-order chi connectivity index (χ0) is 27.0. The van der Waals surface area contributed by atoms with E-state index in [1.54, 1.807) is 20.8 Å². The predicted molar refractivity (Wildman–Crippen MR) is 135 cm³/mol. The van der Waals surface area contributed by atoms with Crippen LogP contribution < -0.4 is 0 Å². The van der Waals surface area contributed by atoms with Crippen molar-refractivity contribution in [1.82, 2.24) is 0 Å². The van der Waals surface area contributed by atoms with E-state index in [2.05, 4.69) is 19.7 Å². The summed E-state index contributed by atoms with van der Waals surface area (Å²) in [7, 11) is 0.